The number of aliphatic carboxylic acids is 1. The minimum Gasteiger partial charge on any atom is -0.481 e. The molecule has 0 saturated heterocycles. The average Bonchev–Trinajstić information content (AvgIpc) is 2.17. The Morgan fingerprint density at radius 3 is 2.31 bits per heavy atom. The zero-order chi connectivity index (χ0) is 9.84. The lowest BCUT2D eigenvalue weighted by Crippen LogP contribution is -2.18. The Balaban J connectivity index is 2.79. The maximum Gasteiger partial charge on any atom is 0.309 e. The fourth-order valence-electron chi connectivity index (χ4n) is 1.07. The number of hydrogen-bond donors (Lipinski definition) is 2. The molecule has 0 spiro atoms. The summed E-state index contributed by atoms with van der Waals surface area (Å²) < 4.78 is 0. The molecule has 1 rings (SSSR count). The van der Waals surface area contributed by atoms with E-state index in [1.807, 2.05) is 6.07 Å². The van der Waals surface area contributed by atoms with Crippen molar-refractivity contribution in [1.29, 1.82) is 0 Å². The molecule has 0 amide bonds. The Kier molecular flexibility index (Phi) is 3.03. The van der Waals surface area contributed by atoms with Crippen molar-refractivity contribution in [3.63, 3.8) is 0 Å². The molecule has 0 bridgehead atoms. The molecule has 0 heterocycles. The smallest absolute Gasteiger partial charge is 0.309 e. The van der Waals surface area contributed by atoms with Crippen LogP contribution in [-0.4, -0.2) is 16.2 Å². The highest BCUT2D eigenvalue weighted by Gasteiger charge is 2.22. The first-order chi connectivity index (χ1) is 6.13. The average molecular weight is 180 g/mol. The molecule has 0 saturated carbocycles. The van der Waals surface area contributed by atoms with Crippen molar-refractivity contribution >= 4 is 5.97 Å². The number of rotatable bonds is 3. The highest BCUT2D eigenvalue weighted by atomic mass is 16.4. The summed E-state index contributed by atoms with van der Waals surface area (Å²) in [6, 6.07) is 8.79. The maximum atomic E-state index is 10.6. The van der Waals surface area contributed by atoms with Crippen molar-refractivity contribution in [2.75, 3.05) is 0 Å². The fourth-order valence-corrected chi connectivity index (χ4v) is 1.07. The first kappa shape index (κ1) is 9.74. The first-order valence-corrected chi connectivity index (χ1v) is 4.08. The summed E-state index contributed by atoms with van der Waals surface area (Å²) in [4.78, 5) is 10.6. The van der Waals surface area contributed by atoms with Crippen molar-refractivity contribution in [3.8, 4) is 0 Å². The summed E-state index contributed by atoms with van der Waals surface area (Å²) >= 11 is 0. The maximum absolute atomic E-state index is 10.6. The van der Waals surface area contributed by atoms with Crippen LogP contribution < -0.4 is 0 Å². The number of carboxylic acids is 1. The summed E-state index contributed by atoms with van der Waals surface area (Å²) in [7, 11) is 0. The molecule has 2 N–H and O–H groups in total. The Morgan fingerprint density at radius 1 is 1.31 bits per heavy atom. The second-order valence-electron chi connectivity index (χ2n) is 2.98. The van der Waals surface area contributed by atoms with Gasteiger partial charge in [-0.3, -0.25) is 4.79 Å². The molecule has 70 valence electrons. The molecule has 0 fully saturated rings. The molecule has 0 aliphatic carbocycles. The van der Waals surface area contributed by atoms with Gasteiger partial charge in [-0.1, -0.05) is 30.3 Å². The van der Waals surface area contributed by atoms with E-state index in [-0.39, 0.29) is 0 Å². The summed E-state index contributed by atoms with van der Waals surface area (Å²) in [5.41, 5.74) is 0.636. The second kappa shape index (κ2) is 4.05. The van der Waals surface area contributed by atoms with Gasteiger partial charge in [-0.2, -0.15) is 0 Å². The SMILES string of the molecule is CC(C(=O)O)[C@H](O)c1ccccc1. The summed E-state index contributed by atoms with van der Waals surface area (Å²) in [5, 5.41) is 18.2. The zero-order valence-electron chi connectivity index (χ0n) is 7.34. The van der Waals surface area contributed by atoms with Gasteiger partial charge in [0.05, 0.1) is 12.0 Å². The minimum absolute atomic E-state index is 0.636. The van der Waals surface area contributed by atoms with Gasteiger partial charge in [-0.25, -0.2) is 0 Å². The number of aliphatic hydroxyl groups is 1. The van der Waals surface area contributed by atoms with E-state index >= 15 is 0 Å². The molecule has 1 unspecified atom stereocenters. The standard InChI is InChI=1S/C10H12O3/c1-7(10(12)13)9(11)8-5-3-2-4-6-8/h2-7,9,11H,1H3,(H,12,13)/t7?,9-/m0/s1. The van der Waals surface area contributed by atoms with Crippen LogP contribution in [0.15, 0.2) is 30.3 Å². The van der Waals surface area contributed by atoms with Gasteiger partial charge in [-0.15, -0.1) is 0 Å². The number of carboxylic acid groups (broad SMARTS) is 1. The lowest BCUT2D eigenvalue weighted by Gasteiger charge is -2.14. The van der Waals surface area contributed by atoms with Crippen LogP contribution in [0.3, 0.4) is 0 Å². The van der Waals surface area contributed by atoms with E-state index in [2.05, 4.69) is 0 Å². The van der Waals surface area contributed by atoms with Crippen LogP contribution in [0.4, 0.5) is 0 Å². The number of hydrogen-bond acceptors (Lipinski definition) is 2. The molecule has 0 aromatic heterocycles. The second-order valence-corrected chi connectivity index (χ2v) is 2.98. The van der Waals surface area contributed by atoms with Crippen LogP contribution in [0, 0.1) is 5.92 Å². The molecule has 1 aromatic rings. The number of aliphatic hydroxyl groups excluding tert-OH is 1. The van der Waals surface area contributed by atoms with Crippen LogP contribution in [0.5, 0.6) is 0 Å². The van der Waals surface area contributed by atoms with Gasteiger partial charge in [0.15, 0.2) is 0 Å². The lowest BCUT2D eigenvalue weighted by atomic mass is 9.98. The molecule has 1 aromatic carbocycles. The van der Waals surface area contributed by atoms with Gasteiger partial charge in [0.25, 0.3) is 0 Å². The van der Waals surface area contributed by atoms with E-state index in [4.69, 9.17) is 5.11 Å². The van der Waals surface area contributed by atoms with Crippen molar-refractivity contribution in [2.24, 2.45) is 5.92 Å². The number of carbonyl (C=O) groups is 1. The monoisotopic (exact) mass is 180 g/mol. The highest BCUT2D eigenvalue weighted by Crippen LogP contribution is 2.21. The highest BCUT2D eigenvalue weighted by molar-refractivity contribution is 5.70. The van der Waals surface area contributed by atoms with E-state index in [0.29, 0.717) is 5.56 Å². The lowest BCUT2D eigenvalue weighted by molar-refractivity contribution is -0.145. The summed E-state index contributed by atoms with van der Waals surface area (Å²) in [6.07, 6.45) is -0.932. The van der Waals surface area contributed by atoms with E-state index in [1.165, 1.54) is 6.92 Å². The topological polar surface area (TPSA) is 57.5 Å². The predicted octanol–water partition coefficient (Wildman–Crippen LogP) is 1.44. The fraction of sp³-hybridized carbons (Fsp3) is 0.300. The van der Waals surface area contributed by atoms with Crippen molar-refractivity contribution in [1.82, 2.24) is 0 Å². The van der Waals surface area contributed by atoms with Crippen LogP contribution in [0.1, 0.15) is 18.6 Å². The van der Waals surface area contributed by atoms with Gasteiger partial charge in [-0.05, 0) is 12.5 Å². The Hall–Kier alpha value is -1.35. The molecule has 0 aliphatic heterocycles. The Morgan fingerprint density at radius 2 is 1.85 bits per heavy atom. The Bertz CT molecular complexity index is 281. The molecule has 3 heteroatoms. The summed E-state index contributed by atoms with van der Waals surface area (Å²) in [6.45, 7) is 1.49. The van der Waals surface area contributed by atoms with Gasteiger partial charge in [0.2, 0.25) is 0 Å². The van der Waals surface area contributed by atoms with Gasteiger partial charge >= 0.3 is 5.97 Å². The molecule has 3 nitrogen and oxygen atoms in total. The van der Waals surface area contributed by atoms with Crippen LogP contribution >= 0.6 is 0 Å². The third kappa shape index (κ3) is 2.29. The van der Waals surface area contributed by atoms with Crippen molar-refractivity contribution < 1.29 is 15.0 Å². The molecular formula is C10H12O3. The van der Waals surface area contributed by atoms with E-state index in [0.717, 1.165) is 0 Å². The van der Waals surface area contributed by atoms with Crippen LogP contribution in [-0.2, 0) is 4.79 Å². The number of benzene rings is 1. The normalized spacial score (nSPS) is 14.9. The minimum atomic E-state index is -0.989. The van der Waals surface area contributed by atoms with Crippen molar-refractivity contribution in [3.05, 3.63) is 35.9 Å². The van der Waals surface area contributed by atoms with E-state index in [9.17, 15) is 9.90 Å². The van der Waals surface area contributed by atoms with E-state index in [1.54, 1.807) is 24.3 Å². The van der Waals surface area contributed by atoms with Gasteiger partial charge in [0, 0.05) is 0 Å². The molecule has 0 aliphatic rings. The first-order valence-electron chi connectivity index (χ1n) is 4.08. The van der Waals surface area contributed by atoms with E-state index < -0.39 is 18.0 Å². The molecule has 2 atom stereocenters. The van der Waals surface area contributed by atoms with Crippen molar-refractivity contribution in [2.45, 2.75) is 13.0 Å². The van der Waals surface area contributed by atoms with Gasteiger partial charge in [0.1, 0.15) is 0 Å². The van der Waals surface area contributed by atoms with Crippen LogP contribution in [0.2, 0.25) is 0 Å². The third-order valence-electron chi connectivity index (χ3n) is 2.00. The zero-order valence-corrected chi connectivity index (χ0v) is 7.34. The third-order valence-corrected chi connectivity index (χ3v) is 2.00. The van der Waals surface area contributed by atoms with Crippen LogP contribution in [0.25, 0.3) is 0 Å². The predicted molar refractivity (Wildman–Crippen MR) is 48.2 cm³/mol. The molecule has 0 radical (unpaired) electrons. The summed E-state index contributed by atoms with van der Waals surface area (Å²) in [5.74, 6) is -1.77. The van der Waals surface area contributed by atoms with Gasteiger partial charge < -0.3 is 10.2 Å². The molecular weight excluding hydrogens is 168 g/mol. The molecule has 13 heavy (non-hydrogen) atoms. The Labute approximate surface area is 76.6 Å². The quantitative estimate of drug-likeness (QED) is 0.740. The largest absolute Gasteiger partial charge is 0.481 e.